The molecule has 0 saturated carbocycles. The fourth-order valence-electron chi connectivity index (χ4n) is 3.84. The Morgan fingerprint density at radius 3 is 2.53 bits per heavy atom. The van der Waals surface area contributed by atoms with Gasteiger partial charge < -0.3 is 14.5 Å². The minimum atomic E-state index is -0.465. The highest BCUT2D eigenvalue weighted by molar-refractivity contribution is 6.07. The van der Waals surface area contributed by atoms with E-state index in [-0.39, 0.29) is 12.5 Å². The Kier molecular flexibility index (Phi) is 5.88. The maximum atomic E-state index is 12.7. The molecule has 3 N–H and O–H groups in total. The lowest BCUT2D eigenvalue weighted by Crippen LogP contribution is -2.43. The molecule has 3 aromatic rings. The van der Waals surface area contributed by atoms with Gasteiger partial charge in [-0.2, -0.15) is 0 Å². The Hall–Kier alpha value is -3.48. The first-order valence-electron chi connectivity index (χ1n) is 10.2. The number of hydrogen-bond donors (Lipinski definition) is 3. The van der Waals surface area contributed by atoms with Crippen molar-refractivity contribution in [3.8, 4) is 11.5 Å². The number of benzene rings is 2. The standard InChI is InChI=1S/C23H25N3O4/c1-2-29-19-12-5-6-13-20(19)30-14-21(27)25-26-23(28)17-10-7-9-16-15-8-3-4-11-18(15)24-22(16)17/h5-7,9-10,12-13,24H,2-4,8,11,14H2,1H3,(H,25,27)(H,26,28). The number of aromatic amines is 1. The number of ether oxygens (including phenoxy) is 2. The van der Waals surface area contributed by atoms with Gasteiger partial charge in [-0.15, -0.1) is 0 Å². The summed E-state index contributed by atoms with van der Waals surface area (Å²) >= 11 is 0. The molecule has 4 rings (SSSR count). The van der Waals surface area contributed by atoms with Crippen molar-refractivity contribution in [2.45, 2.75) is 32.6 Å². The van der Waals surface area contributed by atoms with E-state index in [4.69, 9.17) is 9.47 Å². The van der Waals surface area contributed by atoms with Gasteiger partial charge in [0.25, 0.3) is 11.8 Å². The molecule has 7 nitrogen and oxygen atoms in total. The van der Waals surface area contributed by atoms with Crippen LogP contribution < -0.4 is 20.3 Å². The largest absolute Gasteiger partial charge is 0.490 e. The molecule has 7 heteroatoms. The Balaban J connectivity index is 1.38. The van der Waals surface area contributed by atoms with Crippen LogP contribution in [0.25, 0.3) is 10.9 Å². The van der Waals surface area contributed by atoms with Crippen LogP contribution in [0.15, 0.2) is 42.5 Å². The van der Waals surface area contributed by atoms with E-state index in [1.165, 1.54) is 17.7 Å². The van der Waals surface area contributed by atoms with Crippen molar-refractivity contribution in [2.75, 3.05) is 13.2 Å². The third kappa shape index (κ3) is 4.10. The molecule has 30 heavy (non-hydrogen) atoms. The zero-order chi connectivity index (χ0) is 20.9. The van der Waals surface area contributed by atoms with E-state index in [1.54, 1.807) is 24.3 Å². The Morgan fingerprint density at radius 1 is 0.967 bits per heavy atom. The van der Waals surface area contributed by atoms with Gasteiger partial charge in [0, 0.05) is 11.1 Å². The number of aromatic nitrogens is 1. The summed E-state index contributed by atoms with van der Waals surface area (Å²) in [6.07, 6.45) is 4.35. The molecule has 1 aliphatic rings. The van der Waals surface area contributed by atoms with Gasteiger partial charge in [0.1, 0.15) is 0 Å². The van der Waals surface area contributed by atoms with Crippen LogP contribution in [0.5, 0.6) is 11.5 Å². The number of hydrazine groups is 1. The van der Waals surface area contributed by atoms with Crippen molar-refractivity contribution in [1.82, 2.24) is 15.8 Å². The highest BCUT2D eigenvalue weighted by atomic mass is 16.5. The van der Waals surface area contributed by atoms with Crippen LogP contribution in [0.3, 0.4) is 0 Å². The lowest BCUT2D eigenvalue weighted by molar-refractivity contribution is -0.123. The topological polar surface area (TPSA) is 92.4 Å². The van der Waals surface area contributed by atoms with E-state index in [9.17, 15) is 9.59 Å². The van der Waals surface area contributed by atoms with Crippen LogP contribution in [0.1, 0.15) is 41.4 Å². The van der Waals surface area contributed by atoms with Crippen molar-refractivity contribution >= 4 is 22.7 Å². The number of carbonyl (C=O) groups is 2. The minimum Gasteiger partial charge on any atom is -0.490 e. The quantitative estimate of drug-likeness (QED) is 0.547. The van der Waals surface area contributed by atoms with Crippen molar-refractivity contribution < 1.29 is 19.1 Å². The van der Waals surface area contributed by atoms with Gasteiger partial charge in [-0.3, -0.25) is 20.4 Å². The molecule has 156 valence electrons. The van der Waals surface area contributed by atoms with Crippen molar-refractivity contribution in [2.24, 2.45) is 0 Å². The maximum absolute atomic E-state index is 12.7. The number of rotatable bonds is 6. The summed E-state index contributed by atoms with van der Waals surface area (Å²) in [5, 5.41) is 1.08. The fraction of sp³-hybridized carbons (Fsp3) is 0.304. The average molecular weight is 407 g/mol. The second kappa shape index (κ2) is 8.90. The summed E-state index contributed by atoms with van der Waals surface area (Å²) in [6, 6.07) is 12.8. The number of hydrogen-bond acceptors (Lipinski definition) is 4. The highest BCUT2D eigenvalue weighted by Gasteiger charge is 2.19. The number of amides is 2. The second-order valence-electron chi connectivity index (χ2n) is 7.19. The molecule has 0 bridgehead atoms. The molecular weight excluding hydrogens is 382 g/mol. The summed E-state index contributed by atoms with van der Waals surface area (Å²) in [5.41, 5.74) is 8.72. The fourth-order valence-corrected chi connectivity index (χ4v) is 3.84. The zero-order valence-corrected chi connectivity index (χ0v) is 16.9. The SMILES string of the molecule is CCOc1ccccc1OCC(=O)NNC(=O)c1cccc2c3c([nH]c12)CCCC3. The third-order valence-electron chi connectivity index (χ3n) is 5.20. The number of carbonyl (C=O) groups excluding carboxylic acids is 2. The molecule has 0 radical (unpaired) electrons. The predicted octanol–water partition coefficient (Wildman–Crippen LogP) is 3.29. The maximum Gasteiger partial charge on any atom is 0.276 e. The molecule has 0 unspecified atom stereocenters. The number of nitrogens with one attached hydrogen (secondary N) is 3. The molecule has 1 aromatic heterocycles. The number of aryl methyl sites for hydroxylation is 2. The van der Waals surface area contributed by atoms with Crippen molar-refractivity contribution in [3.63, 3.8) is 0 Å². The molecule has 0 saturated heterocycles. The molecule has 1 heterocycles. The van der Waals surface area contributed by atoms with Gasteiger partial charge >= 0.3 is 0 Å². The predicted molar refractivity (Wildman–Crippen MR) is 114 cm³/mol. The molecule has 2 amide bonds. The van der Waals surface area contributed by atoms with Gasteiger partial charge in [-0.1, -0.05) is 24.3 Å². The smallest absolute Gasteiger partial charge is 0.276 e. The molecule has 0 atom stereocenters. The van der Waals surface area contributed by atoms with Gasteiger partial charge in [0.15, 0.2) is 18.1 Å². The number of fused-ring (bicyclic) bond motifs is 3. The van der Waals surface area contributed by atoms with Crippen LogP contribution >= 0.6 is 0 Å². The monoisotopic (exact) mass is 407 g/mol. The van der Waals surface area contributed by atoms with E-state index in [0.717, 1.165) is 30.2 Å². The third-order valence-corrected chi connectivity index (χ3v) is 5.20. The van der Waals surface area contributed by atoms with Gasteiger partial charge in [0.05, 0.1) is 17.7 Å². The summed E-state index contributed by atoms with van der Waals surface area (Å²) < 4.78 is 11.0. The average Bonchev–Trinajstić information content (AvgIpc) is 3.16. The van der Waals surface area contributed by atoms with Crippen LogP contribution in [0, 0.1) is 0 Å². The van der Waals surface area contributed by atoms with E-state index < -0.39 is 5.91 Å². The van der Waals surface area contributed by atoms with E-state index in [1.807, 2.05) is 25.1 Å². The van der Waals surface area contributed by atoms with E-state index in [0.29, 0.717) is 23.7 Å². The molecule has 0 spiro atoms. The molecule has 2 aromatic carbocycles. The van der Waals surface area contributed by atoms with Gasteiger partial charge in [0.2, 0.25) is 0 Å². The Morgan fingerprint density at radius 2 is 1.73 bits per heavy atom. The van der Waals surface area contributed by atoms with Crippen LogP contribution in [-0.2, 0) is 17.6 Å². The van der Waals surface area contributed by atoms with E-state index >= 15 is 0 Å². The number of H-pyrrole nitrogens is 1. The van der Waals surface area contributed by atoms with E-state index in [2.05, 4.69) is 15.8 Å². The molecular formula is C23H25N3O4. The van der Waals surface area contributed by atoms with Crippen LogP contribution in [-0.4, -0.2) is 30.0 Å². The summed E-state index contributed by atoms with van der Waals surface area (Å²) in [6.45, 7) is 2.13. The first-order chi connectivity index (χ1) is 14.7. The molecule has 0 aliphatic heterocycles. The van der Waals surface area contributed by atoms with Crippen molar-refractivity contribution in [3.05, 3.63) is 59.3 Å². The first kappa shape index (κ1) is 19.8. The Labute approximate surface area is 174 Å². The lowest BCUT2D eigenvalue weighted by atomic mass is 9.95. The van der Waals surface area contributed by atoms with Crippen molar-refractivity contribution in [1.29, 1.82) is 0 Å². The molecule has 0 fully saturated rings. The summed E-state index contributed by atoms with van der Waals surface area (Å²) in [5.74, 6) is 0.205. The lowest BCUT2D eigenvalue weighted by Gasteiger charge is -2.12. The van der Waals surface area contributed by atoms with Crippen LogP contribution in [0.4, 0.5) is 0 Å². The second-order valence-corrected chi connectivity index (χ2v) is 7.19. The molecule has 1 aliphatic carbocycles. The summed E-state index contributed by atoms with van der Waals surface area (Å²) in [7, 11) is 0. The summed E-state index contributed by atoms with van der Waals surface area (Å²) in [4.78, 5) is 28.2. The minimum absolute atomic E-state index is 0.245. The zero-order valence-electron chi connectivity index (χ0n) is 16.9. The van der Waals surface area contributed by atoms with Gasteiger partial charge in [-0.25, -0.2) is 0 Å². The van der Waals surface area contributed by atoms with Gasteiger partial charge in [-0.05, 0) is 56.4 Å². The number of para-hydroxylation sites is 3. The van der Waals surface area contributed by atoms with Crippen LogP contribution in [0.2, 0.25) is 0 Å². The first-order valence-corrected chi connectivity index (χ1v) is 10.2. The Bertz CT molecular complexity index is 1070. The normalized spacial score (nSPS) is 12.8. The highest BCUT2D eigenvalue weighted by Crippen LogP contribution is 2.30.